The molecular formula is C19H27N3O6S2. The number of anilines is 1. The number of benzene rings is 1. The van der Waals surface area contributed by atoms with Gasteiger partial charge in [-0.3, -0.25) is 4.40 Å². The van der Waals surface area contributed by atoms with Crippen LogP contribution in [0.4, 0.5) is 5.69 Å². The molecule has 9 nitrogen and oxygen atoms in total. The molecule has 0 amide bonds. The SMILES string of the molecule is COc1cc(N)cc(-c2cnc3cc(OC)c(S(=O)(=O)C(C)(C)C)cn23)c1.O.O=S.[HH]. The first-order valence-electron chi connectivity index (χ1n) is 8.50. The van der Waals surface area contributed by atoms with Crippen LogP contribution in [-0.4, -0.2) is 46.5 Å². The highest BCUT2D eigenvalue weighted by Crippen LogP contribution is 2.35. The van der Waals surface area contributed by atoms with Crippen LogP contribution in [0.1, 0.15) is 22.2 Å². The monoisotopic (exact) mass is 457 g/mol. The highest BCUT2D eigenvalue weighted by Gasteiger charge is 2.34. The van der Waals surface area contributed by atoms with Gasteiger partial charge < -0.3 is 20.7 Å². The number of pyridine rings is 1. The molecule has 2 heterocycles. The molecule has 1 aromatic carbocycles. The number of rotatable bonds is 4. The second kappa shape index (κ2) is 9.37. The first-order chi connectivity index (χ1) is 13.6. The van der Waals surface area contributed by atoms with E-state index in [1.807, 2.05) is 6.07 Å². The van der Waals surface area contributed by atoms with Gasteiger partial charge in [-0.2, -0.15) is 4.21 Å². The van der Waals surface area contributed by atoms with Crippen LogP contribution in [0, 0.1) is 0 Å². The standard InChI is InChI=1S/C19H23N3O4S.OS.H2O.H2/c1-19(2,3)27(23,24)17-11-22-15(10-21-18(22)9-16(17)26-5)12-6-13(20)8-14(7-12)25-4;1-2;;/h6-11H,20H2,1-5H3;;1H2;1H. The molecular weight excluding hydrogens is 430 g/mol. The highest BCUT2D eigenvalue weighted by atomic mass is 32.2. The van der Waals surface area contributed by atoms with Crippen LogP contribution in [0.3, 0.4) is 0 Å². The first kappa shape index (κ1) is 25.3. The van der Waals surface area contributed by atoms with Crippen LogP contribution >= 0.6 is 0 Å². The number of aromatic nitrogens is 2. The fraction of sp³-hybridized carbons (Fsp3) is 0.316. The minimum atomic E-state index is -3.63. The summed E-state index contributed by atoms with van der Waals surface area (Å²) in [6.45, 7) is 4.97. The van der Waals surface area contributed by atoms with E-state index in [9.17, 15) is 8.42 Å². The average Bonchev–Trinajstić information content (AvgIpc) is 3.10. The lowest BCUT2D eigenvalue weighted by Gasteiger charge is -2.21. The maximum Gasteiger partial charge on any atom is 0.197 e. The van der Waals surface area contributed by atoms with E-state index in [4.69, 9.17) is 19.4 Å². The Kier molecular flexibility index (Phi) is 7.89. The highest BCUT2D eigenvalue weighted by molar-refractivity contribution is 7.92. The average molecular weight is 458 g/mol. The second-order valence-corrected chi connectivity index (χ2v) is 9.86. The Morgan fingerprint density at radius 2 is 1.73 bits per heavy atom. The van der Waals surface area contributed by atoms with E-state index in [1.54, 1.807) is 62.9 Å². The molecule has 0 saturated carbocycles. The fourth-order valence-electron chi connectivity index (χ4n) is 2.78. The smallest absolute Gasteiger partial charge is 0.197 e. The number of imidazole rings is 1. The van der Waals surface area contributed by atoms with Gasteiger partial charge >= 0.3 is 0 Å². The topological polar surface area (TPSA) is 144 Å². The van der Waals surface area contributed by atoms with E-state index in [0.717, 1.165) is 5.56 Å². The van der Waals surface area contributed by atoms with Gasteiger partial charge in [0, 0.05) is 31.0 Å². The third-order valence-corrected chi connectivity index (χ3v) is 6.85. The van der Waals surface area contributed by atoms with Crippen molar-refractivity contribution < 1.29 is 29.0 Å². The van der Waals surface area contributed by atoms with E-state index >= 15 is 0 Å². The number of nitrogen functional groups attached to an aromatic ring is 1. The Bertz CT molecular complexity index is 1140. The van der Waals surface area contributed by atoms with Crippen molar-refractivity contribution in [2.24, 2.45) is 0 Å². The van der Waals surface area contributed by atoms with Gasteiger partial charge in [0.05, 0.1) is 30.9 Å². The van der Waals surface area contributed by atoms with Gasteiger partial charge in [-0.15, -0.1) is 0 Å². The number of nitrogens with two attached hydrogens (primary N) is 1. The van der Waals surface area contributed by atoms with Gasteiger partial charge in [0.2, 0.25) is 0 Å². The van der Waals surface area contributed by atoms with Crippen molar-refractivity contribution >= 4 is 33.7 Å². The Hall–Kier alpha value is -2.76. The number of hydrogen-bond donors (Lipinski definition) is 1. The van der Waals surface area contributed by atoms with Gasteiger partial charge in [-0.05, 0) is 32.9 Å². The Morgan fingerprint density at radius 3 is 2.27 bits per heavy atom. The van der Waals surface area contributed by atoms with Gasteiger partial charge in [-0.1, -0.05) is 0 Å². The van der Waals surface area contributed by atoms with Crippen LogP contribution in [0.25, 0.3) is 16.9 Å². The summed E-state index contributed by atoms with van der Waals surface area (Å²) in [5.74, 6) is 0.871. The molecule has 11 heteroatoms. The molecule has 0 unspecified atom stereocenters. The van der Waals surface area contributed by atoms with Crippen molar-refractivity contribution in [3.8, 4) is 22.8 Å². The van der Waals surface area contributed by atoms with Crippen LogP contribution < -0.4 is 15.2 Å². The molecule has 0 atom stereocenters. The van der Waals surface area contributed by atoms with E-state index in [1.165, 1.54) is 7.11 Å². The van der Waals surface area contributed by atoms with Crippen molar-refractivity contribution in [3.63, 3.8) is 0 Å². The van der Waals surface area contributed by atoms with Crippen LogP contribution in [0.5, 0.6) is 11.5 Å². The minimum absolute atomic E-state index is 0. The second-order valence-electron chi connectivity index (χ2n) is 7.19. The Balaban J connectivity index is 0.00000219. The lowest BCUT2D eigenvalue weighted by atomic mass is 10.1. The number of fused-ring (bicyclic) bond motifs is 1. The Morgan fingerprint density at radius 1 is 1.10 bits per heavy atom. The largest absolute Gasteiger partial charge is 0.497 e. The summed E-state index contributed by atoms with van der Waals surface area (Å²) in [5.41, 5.74) is 8.53. The summed E-state index contributed by atoms with van der Waals surface area (Å²) in [6.07, 6.45) is 3.21. The molecule has 0 aliphatic carbocycles. The zero-order chi connectivity index (χ0) is 22.0. The fourth-order valence-corrected chi connectivity index (χ4v) is 4.09. The number of sulfone groups is 1. The van der Waals surface area contributed by atoms with E-state index in [2.05, 4.69) is 17.5 Å². The summed E-state index contributed by atoms with van der Waals surface area (Å²) in [5, 5.41) is 0. The lowest BCUT2D eigenvalue weighted by molar-refractivity contribution is 0.401. The van der Waals surface area contributed by atoms with Crippen LogP contribution in [0.2, 0.25) is 0 Å². The van der Waals surface area contributed by atoms with Gasteiger partial charge in [0.15, 0.2) is 22.4 Å². The maximum absolute atomic E-state index is 13.0. The van der Waals surface area contributed by atoms with E-state index in [-0.39, 0.29) is 17.5 Å². The third kappa shape index (κ3) is 4.53. The predicted octanol–water partition coefficient (Wildman–Crippen LogP) is 2.26. The number of hydrogen-bond acceptors (Lipinski definition) is 8. The van der Waals surface area contributed by atoms with Crippen LogP contribution in [-0.2, 0) is 22.4 Å². The van der Waals surface area contributed by atoms with Gasteiger partial charge in [0.25, 0.3) is 0 Å². The number of ether oxygens (including phenoxy) is 2. The zero-order valence-electron chi connectivity index (χ0n) is 17.3. The molecule has 0 bridgehead atoms. The predicted molar refractivity (Wildman–Crippen MR) is 119 cm³/mol. The van der Waals surface area contributed by atoms with Crippen molar-refractivity contribution in [1.29, 1.82) is 0 Å². The van der Waals surface area contributed by atoms with E-state index in [0.29, 0.717) is 22.8 Å². The molecule has 166 valence electrons. The normalized spacial score (nSPS) is 11.2. The van der Waals surface area contributed by atoms with Crippen molar-refractivity contribution in [1.82, 2.24) is 9.38 Å². The van der Waals surface area contributed by atoms with E-state index < -0.39 is 14.6 Å². The molecule has 3 rings (SSSR count). The lowest BCUT2D eigenvalue weighted by Crippen LogP contribution is -2.28. The number of methoxy groups -OCH3 is 2. The van der Waals surface area contributed by atoms with Crippen LogP contribution in [0.15, 0.2) is 41.6 Å². The first-order valence-corrected chi connectivity index (χ1v) is 10.3. The number of nitrogens with zero attached hydrogens (tertiary/aromatic N) is 2. The molecule has 0 aliphatic rings. The minimum Gasteiger partial charge on any atom is -0.497 e. The van der Waals surface area contributed by atoms with Gasteiger partial charge in [0.1, 0.15) is 22.0 Å². The molecule has 4 N–H and O–H groups in total. The molecule has 0 spiro atoms. The van der Waals surface area contributed by atoms with Crippen molar-refractivity contribution in [2.45, 2.75) is 30.4 Å². The molecule has 0 aliphatic heterocycles. The summed E-state index contributed by atoms with van der Waals surface area (Å²) in [6, 6.07) is 6.94. The maximum atomic E-state index is 13.0. The Labute approximate surface area is 182 Å². The molecule has 2 aromatic heterocycles. The van der Waals surface area contributed by atoms with Crippen molar-refractivity contribution in [2.75, 3.05) is 20.0 Å². The molecule has 3 aromatic rings. The van der Waals surface area contributed by atoms with Crippen molar-refractivity contribution in [3.05, 3.63) is 36.7 Å². The summed E-state index contributed by atoms with van der Waals surface area (Å²) in [7, 11) is -0.625. The quantitative estimate of drug-likeness (QED) is 0.587. The molecule has 0 fully saturated rings. The summed E-state index contributed by atoms with van der Waals surface area (Å²) in [4.78, 5) is 4.49. The zero-order valence-corrected chi connectivity index (χ0v) is 18.9. The molecule has 0 radical (unpaired) electrons. The summed E-state index contributed by atoms with van der Waals surface area (Å²) >= 11 is 2.83. The molecule has 30 heavy (non-hydrogen) atoms. The van der Waals surface area contributed by atoms with Gasteiger partial charge in [-0.25, -0.2) is 13.4 Å². The summed E-state index contributed by atoms with van der Waals surface area (Å²) < 4.78 is 45.3. The molecule has 0 saturated heterocycles. The third-order valence-electron chi connectivity index (χ3n) is 4.35.